The summed E-state index contributed by atoms with van der Waals surface area (Å²) in [6.45, 7) is 4.74. The molecule has 0 saturated heterocycles. The minimum Gasteiger partial charge on any atom is -0.477 e. The van der Waals surface area contributed by atoms with E-state index >= 15 is 0 Å². The largest absolute Gasteiger partial charge is 0.477 e. The Balaban J connectivity index is 2.29. The first-order chi connectivity index (χ1) is 11.5. The van der Waals surface area contributed by atoms with Crippen molar-refractivity contribution in [2.45, 2.75) is 20.4 Å². The number of carboxylic acid groups (broad SMARTS) is 1. The lowest BCUT2D eigenvalue weighted by molar-refractivity contribution is 0.0694. The molecule has 24 heavy (non-hydrogen) atoms. The number of benzene rings is 1. The molecule has 0 amide bonds. The predicted octanol–water partition coefficient (Wildman–Crippen LogP) is 3.42. The van der Waals surface area contributed by atoms with E-state index in [1.165, 1.54) is 6.20 Å². The second-order valence-corrected chi connectivity index (χ2v) is 6.19. The number of carboxylic acids is 1. The summed E-state index contributed by atoms with van der Waals surface area (Å²) in [5.74, 6) is -0.875. The molecule has 1 aromatic carbocycles. The number of hydrogen-bond acceptors (Lipinski definition) is 3. The molecule has 0 aliphatic carbocycles. The lowest BCUT2D eigenvalue weighted by atomic mass is 10.0. The molecule has 122 valence electrons. The Hall–Kier alpha value is -2.95. The van der Waals surface area contributed by atoms with Gasteiger partial charge in [0.15, 0.2) is 0 Å². The van der Waals surface area contributed by atoms with Gasteiger partial charge in [0.1, 0.15) is 5.56 Å². The van der Waals surface area contributed by atoms with Crippen molar-refractivity contribution in [3.05, 3.63) is 64.7 Å². The summed E-state index contributed by atoms with van der Waals surface area (Å²) in [5, 5.41) is 9.72. The average molecular weight is 322 g/mol. The molecule has 0 unspecified atom stereocenters. The molecule has 2 heterocycles. The molecule has 2 aromatic heterocycles. The second-order valence-electron chi connectivity index (χ2n) is 6.19. The zero-order valence-electron chi connectivity index (χ0n) is 13.6. The molecule has 0 aliphatic rings. The van der Waals surface area contributed by atoms with Crippen molar-refractivity contribution in [2.75, 3.05) is 0 Å². The first-order valence-corrected chi connectivity index (χ1v) is 7.78. The highest BCUT2D eigenvalue weighted by Crippen LogP contribution is 2.23. The van der Waals surface area contributed by atoms with Crippen LogP contribution in [-0.4, -0.2) is 20.6 Å². The molecule has 0 radical (unpaired) electrons. The Morgan fingerprint density at radius 1 is 1.17 bits per heavy atom. The van der Waals surface area contributed by atoms with E-state index in [0.717, 1.165) is 16.6 Å². The van der Waals surface area contributed by atoms with Gasteiger partial charge in [0, 0.05) is 30.5 Å². The minimum atomic E-state index is -1.20. The summed E-state index contributed by atoms with van der Waals surface area (Å²) in [5.41, 5.74) is 2.06. The van der Waals surface area contributed by atoms with Gasteiger partial charge >= 0.3 is 5.97 Å². The Morgan fingerprint density at radius 2 is 1.88 bits per heavy atom. The van der Waals surface area contributed by atoms with Gasteiger partial charge in [-0.3, -0.25) is 9.78 Å². The van der Waals surface area contributed by atoms with E-state index in [1.807, 2.05) is 28.8 Å². The van der Waals surface area contributed by atoms with Crippen molar-refractivity contribution >= 4 is 16.9 Å². The van der Waals surface area contributed by atoms with E-state index in [-0.39, 0.29) is 5.56 Å². The minimum absolute atomic E-state index is 0.195. The van der Waals surface area contributed by atoms with Crippen molar-refractivity contribution in [1.29, 1.82) is 0 Å². The standard InChI is InChI=1S/C19H18N2O3/c1-12(2)10-21-11-16(19(23)24)18(22)15-4-3-14(9-17(15)21)13-5-7-20-8-6-13/h3-9,11-12H,10H2,1-2H3,(H,23,24). The first kappa shape index (κ1) is 15.9. The number of carbonyl (C=O) groups is 1. The summed E-state index contributed by atoms with van der Waals surface area (Å²) in [6.07, 6.45) is 4.88. The van der Waals surface area contributed by atoms with E-state index in [1.54, 1.807) is 18.5 Å². The van der Waals surface area contributed by atoms with Gasteiger partial charge in [-0.25, -0.2) is 4.79 Å². The summed E-state index contributed by atoms with van der Waals surface area (Å²) in [7, 11) is 0. The van der Waals surface area contributed by atoms with Gasteiger partial charge in [0.05, 0.1) is 5.52 Å². The van der Waals surface area contributed by atoms with Crippen LogP contribution in [0.4, 0.5) is 0 Å². The van der Waals surface area contributed by atoms with Crippen LogP contribution in [0.1, 0.15) is 24.2 Å². The van der Waals surface area contributed by atoms with Crippen LogP contribution in [0.2, 0.25) is 0 Å². The van der Waals surface area contributed by atoms with Crippen molar-refractivity contribution in [3.63, 3.8) is 0 Å². The molecule has 0 bridgehead atoms. The molecule has 3 rings (SSSR count). The maximum atomic E-state index is 12.5. The van der Waals surface area contributed by atoms with E-state index in [2.05, 4.69) is 18.8 Å². The van der Waals surface area contributed by atoms with Crippen LogP contribution in [0.25, 0.3) is 22.0 Å². The highest BCUT2D eigenvalue weighted by Gasteiger charge is 2.15. The van der Waals surface area contributed by atoms with Crippen LogP contribution in [0.15, 0.2) is 53.7 Å². The van der Waals surface area contributed by atoms with Gasteiger partial charge in [0.25, 0.3) is 0 Å². The lowest BCUT2D eigenvalue weighted by Gasteiger charge is -2.15. The van der Waals surface area contributed by atoms with Crippen LogP contribution in [-0.2, 0) is 6.54 Å². The van der Waals surface area contributed by atoms with Crippen LogP contribution >= 0.6 is 0 Å². The number of pyridine rings is 2. The Kier molecular flexibility index (Phi) is 4.16. The van der Waals surface area contributed by atoms with E-state index < -0.39 is 11.4 Å². The molecule has 0 atom stereocenters. The quantitative estimate of drug-likeness (QED) is 0.799. The predicted molar refractivity (Wildman–Crippen MR) is 93.2 cm³/mol. The molecular weight excluding hydrogens is 304 g/mol. The highest BCUT2D eigenvalue weighted by molar-refractivity contribution is 5.93. The maximum Gasteiger partial charge on any atom is 0.341 e. The number of aromatic nitrogens is 2. The van der Waals surface area contributed by atoms with Crippen LogP contribution in [0.5, 0.6) is 0 Å². The monoisotopic (exact) mass is 322 g/mol. The third-order valence-electron chi connectivity index (χ3n) is 3.89. The smallest absolute Gasteiger partial charge is 0.341 e. The molecular formula is C19H18N2O3. The van der Waals surface area contributed by atoms with Crippen molar-refractivity contribution in [2.24, 2.45) is 5.92 Å². The Morgan fingerprint density at radius 3 is 2.50 bits per heavy atom. The number of aromatic carboxylic acids is 1. The summed E-state index contributed by atoms with van der Waals surface area (Å²) in [6, 6.07) is 9.27. The van der Waals surface area contributed by atoms with Crippen molar-refractivity contribution in [3.8, 4) is 11.1 Å². The topological polar surface area (TPSA) is 72.2 Å². The number of hydrogen-bond donors (Lipinski definition) is 1. The van der Waals surface area contributed by atoms with Crippen molar-refractivity contribution in [1.82, 2.24) is 9.55 Å². The van der Waals surface area contributed by atoms with Crippen LogP contribution < -0.4 is 5.43 Å². The molecule has 1 N–H and O–H groups in total. The molecule has 0 saturated carbocycles. The fourth-order valence-corrected chi connectivity index (χ4v) is 2.81. The number of rotatable bonds is 4. The Labute approximate surface area is 139 Å². The third kappa shape index (κ3) is 2.93. The molecule has 5 nitrogen and oxygen atoms in total. The number of fused-ring (bicyclic) bond motifs is 1. The molecule has 0 fully saturated rings. The average Bonchev–Trinajstić information content (AvgIpc) is 2.57. The SMILES string of the molecule is CC(C)Cn1cc(C(=O)O)c(=O)c2ccc(-c3ccncc3)cc21. The molecule has 0 spiro atoms. The van der Waals surface area contributed by atoms with Crippen LogP contribution in [0, 0.1) is 5.92 Å². The summed E-state index contributed by atoms with van der Waals surface area (Å²) < 4.78 is 1.86. The lowest BCUT2D eigenvalue weighted by Crippen LogP contribution is -2.20. The zero-order chi connectivity index (χ0) is 17.3. The van der Waals surface area contributed by atoms with Crippen molar-refractivity contribution < 1.29 is 9.90 Å². The van der Waals surface area contributed by atoms with Gasteiger partial charge in [0.2, 0.25) is 5.43 Å². The van der Waals surface area contributed by atoms with Gasteiger partial charge in [-0.2, -0.15) is 0 Å². The number of nitrogens with zero attached hydrogens (tertiary/aromatic N) is 2. The normalized spacial score (nSPS) is 11.1. The van der Waals surface area contributed by atoms with Gasteiger partial charge in [-0.05, 0) is 41.3 Å². The fraction of sp³-hybridized carbons (Fsp3) is 0.211. The molecule has 0 aliphatic heterocycles. The van der Waals surface area contributed by atoms with E-state index in [4.69, 9.17) is 0 Å². The second kappa shape index (κ2) is 6.28. The van der Waals surface area contributed by atoms with E-state index in [9.17, 15) is 14.7 Å². The molecule has 3 aromatic rings. The van der Waals surface area contributed by atoms with Gasteiger partial charge < -0.3 is 9.67 Å². The highest BCUT2D eigenvalue weighted by atomic mass is 16.4. The fourth-order valence-electron chi connectivity index (χ4n) is 2.81. The first-order valence-electron chi connectivity index (χ1n) is 7.78. The van der Waals surface area contributed by atoms with Gasteiger partial charge in [-0.1, -0.05) is 19.9 Å². The maximum absolute atomic E-state index is 12.5. The summed E-state index contributed by atoms with van der Waals surface area (Å²) in [4.78, 5) is 27.8. The molecule has 5 heteroatoms. The van der Waals surface area contributed by atoms with Crippen LogP contribution in [0.3, 0.4) is 0 Å². The van der Waals surface area contributed by atoms with Gasteiger partial charge in [-0.15, -0.1) is 0 Å². The van der Waals surface area contributed by atoms with E-state index in [0.29, 0.717) is 17.8 Å². The third-order valence-corrected chi connectivity index (χ3v) is 3.89. The zero-order valence-corrected chi connectivity index (χ0v) is 13.6. The summed E-state index contributed by atoms with van der Waals surface area (Å²) >= 11 is 0. The Bertz CT molecular complexity index is 960.